The van der Waals surface area contributed by atoms with Crippen LogP contribution in [0.4, 0.5) is 5.69 Å². The molecule has 3 heterocycles. The Kier molecular flexibility index (Phi) is 6.70. The molecule has 2 saturated heterocycles. The van der Waals surface area contributed by atoms with Crippen LogP contribution in [0.2, 0.25) is 0 Å². The highest BCUT2D eigenvalue weighted by atomic mass is 16.2. The SMILES string of the molecule is Cc1cccc(CN2CCC(CNC(=O)C3CCN(c4cnn(C)c(=O)c4)C3)CC2)c1. The molecule has 0 saturated carbocycles. The first-order chi connectivity index (χ1) is 15.0. The van der Waals surface area contributed by atoms with Gasteiger partial charge in [-0.25, -0.2) is 4.68 Å². The van der Waals surface area contributed by atoms with Gasteiger partial charge < -0.3 is 10.2 Å². The summed E-state index contributed by atoms with van der Waals surface area (Å²) in [7, 11) is 1.64. The molecule has 7 heteroatoms. The van der Waals surface area contributed by atoms with Crippen molar-refractivity contribution in [2.24, 2.45) is 18.9 Å². The zero-order valence-electron chi connectivity index (χ0n) is 18.6. The van der Waals surface area contributed by atoms with Gasteiger partial charge in [0.25, 0.3) is 5.56 Å². The molecule has 0 bridgehead atoms. The van der Waals surface area contributed by atoms with Gasteiger partial charge in [0.15, 0.2) is 0 Å². The number of amides is 1. The summed E-state index contributed by atoms with van der Waals surface area (Å²) >= 11 is 0. The van der Waals surface area contributed by atoms with Crippen LogP contribution >= 0.6 is 0 Å². The van der Waals surface area contributed by atoms with Crippen molar-refractivity contribution in [2.75, 3.05) is 37.6 Å². The standard InChI is InChI=1S/C24H33N5O2/c1-18-4-3-5-20(12-18)16-28-9-6-19(7-10-28)14-25-24(31)21-8-11-29(17-21)22-13-23(30)27(2)26-15-22/h3-5,12-13,15,19,21H,6-11,14,16-17H2,1-2H3,(H,25,31). The second-order valence-corrected chi connectivity index (χ2v) is 9.06. The van der Waals surface area contributed by atoms with Gasteiger partial charge in [0, 0.05) is 39.3 Å². The number of rotatable bonds is 6. The van der Waals surface area contributed by atoms with Gasteiger partial charge >= 0.3 is 0 Å². The Labute approximate surface area is 184 Å². The average Bonchev–Trinajstić information content (AvgIpc) is 3.25. The predicted molar refractivity (Wildman–Crippen MR) is 122 cm³/mol. The molecule has 2 aliphatic heterocycles. The fourth-order valence-electron chi connectivity index (χ4n) is 4.65. The molecule has 1 unspecified atom stereocenters. The maximum atomic E-state index is 12.7. The van der Waals surface area contributed by atoms with Gasteiger partial charge in [-0.2, -0.15) is 5.10 Å². The third kappa shape index (κ3) is 5.53. The number of nitrogens with one attached hydrogen (secondary N) is 1. The summed E-state index contributed by atoms with van der Waals surface area (Å²) in [6.07, 6.45) is 4.77. The smallest absolute Gasteiger partial charge is 0.268 e. The minimum atomic E-state index is -0.126. The molecule has 2 aliphatic rings. The number of benzene rings is 1. The van der Waals surface area contributed by atoms with E-state index in [-0.39, 0.29) is 17.4 Å². The maximum Gasteiger partial charge on any atom is 0.268 e. The zero-order valence-corrected chi connectivity index (χ0v) is 18.6. The van der Waals surface area contributed by atoms with E-state index in [1.807, 2.05) is 0 Å². The van der Waals surface area contributed by atoms with Crippen molar-refractivity contribution in [3.05, 3.63) is 58.0 Å². The lowest BCUT2D eigenvalue weighted by Crippen LogP contribution is -2.40. The normalized spacial score (nSPS) is 20.2. The van der Waals surface area contributed by atoms with Crippen molar-refractivity contribution in [2.45, 2.75) is 32.7 Å². The number of hydrogen-bond donors (Lipinski definition) is 1. The van der Waals surface area contributed by atoms with Crippen molar-refractivity contribution in [3.8, 4) is 0 Å². The highest BCUT2D eigenvalue weighted by molar-refractivity contribution is 5.80. The summed E-state index contributed by atoms with van der Waals surface area (Å²) < 4.78 is 1.32. The van der Waals surface area contributed by atoms with Crippen LogP contribution < -0.4 is 15.8 Å². The summed E-state index contributed by atoms with van der Waals surface area (Å²) in [5.74, 6) is 0.670. The summed E-state index contributed by atoms with van der Waals surface area (Å²) in [4.78, 5) is 29.1. The second kappa shape index (κ2) is 9.64. The summed E-state index contributed by atoms with van der Waals surface area (Å²) in [6, 6.07) is 10.3. The molecule has 1 aromatic heterocycles. The van der Waals surface area contributed by atoms with Crippen LogP contribution in [0.1, 0.15) is 30.4 Å². The topological polar surface area (TPSA) is 70.5 Å². The Morgan fingerprint density at radius 3 is 2.71 bits per heavy atom. The minimum Gasteiger partial charge on any atom is -0.369 e. The van der Waals surface area contributed by atoms with Gasteiger partial charge in [0.2, 0.25) is 5.91 Å². The molecule has 0 spiro atoms. The Morgan fingerprint density at radius 1 is 1.16 bits per heavy atom. The first-order valence-electron chi connectivity index (χ1n) is 11.3. The lowest BCUT2D eigenvalue weighted by molar-refractivity contribution is -0.124. The van der Waals surface area contributed by atoms with Gasteiger partial charge in [0.1, 0.15) is 0 Å². The maximum absolute atomic E-state index is 12.7. The fraction of sp³-hybridized carbons (Fsp3) is 0.542. The van der Waals surface area contributed by atoms with E-state index < -0.39 is 0 Å². The molecule has 1 amide bonds. The van der Waals surface area contributed by atoms with Crippen molar-refractivity contribution in [1.82, 2.24) is 20.0 Å². The van der Waals surface area contributed by atoms with Crippen LogP contribution in [-0.4, -0.2) is 53.3 Å². The lowest BCUT2D eigenvalue weighted by atomic mass is 9.96. The molecule has 0 radical (unpaired) electrons. The number of aromatic nitrogens is 2. The lowest BCUT2D eigenvalue weighted by Gasteiger charge is -2.32. The van der Waals surface area contributed by atoms with Crippen molar-refractivity contribution >= 4 is 11.6 Å². The van der Waals surface area contributed by atoms with E-state index in [1.54, 1.807) is 19.3 Å². The number of hydrogen-bond acceptors (Lipinski definition) is 5. The first-order valence-corrected chi connectivity index (χ1v) is 11.3. The fourth-order valence-corrected chi connectivity index (χ4v) is 4.65. The number of piperidine rings is 1. The summed E-state index contributed by atoms with van der Waals surface area (Å²) in [5, 5.41) is 7.28. The molecule has 2 fully saturated rings. The third-order valence-corrected chi connectivity index (χ3v) is 6.64. The summed E-state index contributed by atoms with van der Waals surface area (Å²) in [6.45, 7) is 7.51. The van der Waals surface area contributed by atoms with E-state index in [9.17, 15) is 9.59 Å². The quantitative estimate of drug-likeness (QED) is 0.769. The average molecular weight is 424 g/mol. The van der Waals surface area contributed by atoms with Crippen LogP contribution in [0.15, 0.2) is 41.3 Å². The molecule has 1 N–H and O–H groups in total. The molecule has 1 aromatic carbocycles. The van der Waals surface area contributed by atoms with Crippen LogP contribution in [0.5, 0.6) is 0 Å². The molecule has 166 valence electrons. The molecule has 4 rings (SSSR count). The molecule has 31 heavy (non-hydrogen) atoms. The molecule has 0 aliphatic carbocycles. The van der Waals surface area contributed by atoms with Crippen LogP contribution in [0, 0.1) is 18.8 Å². The number of likely N-dealkylation sites (tertiary alicyclic amines) is 1. The Hall–Kier alpha value is -2.67. The monoisotopic (exact) mass is 423 g/mol. The van der Waals surface area contributed by atoms with Crippen molar-refractivity contribution in [1.29, 1.82) is 0 Å². The largest absolute Gasteiger partial charge is 0.369 e. The molecular formula is C24H33N5O2. The van der Waals surface area contributed by atoms with Gasteiger partial charge in [-0.15, -0.1) is 0 Å². The van der Waals surface area contributed by atoms with E-state index >= 15 is 0 Å². The van der Waals surface area contributed by atoms with Gasteiger partial charge in [-0.3, -0.25) is 14.5 Å². The van der Waals surface area contributed by atoms with Gasteiger partial charge in [-0.05, 0) is 50.8 Å². The molecule has 7 nitrogen and oxygen atoms in total. The number of anilines is 1. The number of nitrogens with zero attached hydrogens (tertiary/aromatic N) is 4. The van der Waals surface area contributed by atoms with E-state index in [4.69, 9.17) is 0 Å². The van der Waals surface area contributed by atoms with Crippen molar-refractivity contribution in [3.63, 3.8) is 0 Å². The second-order valence-electron chi connectivity index (χ2n) is 9.06. The van der Waals surface area contributed by atoms with Crippen molar-refractivity contribution < 1.29 is 4.79 Å². The summed E-state index contributed by atoms with van der Waals surface area (Å²) in [5.41, 5.74) is 3.37. The minimum absolute atomic E-state index is 0.0227. The zero-order chi connectivity index (χ0) is 21.8. The van der Waals surface area contributed by atoms with Gasteiger partial charge in [0.05, 0.1) is 17.8 Å². The van der Waals surface area contributed by atoms with E-state index in [2.05, 4.69) is 51.4 Å². The molecule has 2 aromatic rings. The number of aryl methyl sites for hydroxylation is 2. The predicted octanol–water partition coefficient (Wildman–Crippen LogP) is 1.94. The number of carbonyl (C=O) groups is 1. The Balaban J connectivity index is 1.19. The Morgan fingerprint density at radius 2 is 1.97 bits per heavy atom. The highest BCUT2D eigenvalue weighted by Crippen LogP contribution is 2.23. The molecule has 1 atom stereocenters. The van der Waals surface area contributed by atoms with Crippen LogP contribution in [0.25, 0.3) is 0 Å². The Bertz CT molecular complexity index is 964. The highest BCUT2D eigenvalue weighted by Gasteiger charge is 2.29. The first kappa shape index (κ1) is 21.6. The molecular weight excluding hydrogens is 390 g/mol. The van der Waals surface area contributed by atoms with Crippen LogP contribution in [-0.2, 0) is 18.4 Å². The van der Waals surface area contributed by atoms with Crippen LogP contribution in [0.3, 0.4) is 0 Å². The third-order valence-electron chi connectivity index (χ3n) is 6.64. The van der Waals surface area contributed by atoms with Gasteiger partial charge in [-0.1, -0.05) is 29.8 Å². The van der Waals surface area contributed by atoms with E-state index in [0.29, 0.717) is 12.5 Å². The number of carbonyl (C=O) groups excluding carboxylic acids is 1. The van der Waals surface area contributed by atoms with E-state index in [0.717, 1.165) is 57.7 Å². The van der Waals surface area contributed by atoms with E-state index in [1.165, 1.54) is 15.8 Å².